The zero-order valence-electron chi connectivity index (χ0n) is 11.8. The van der Waals surface area contributed by atoms with Crippen LogP contribution < -0.4 is 5.73 Å². The van der Waals surface area contributed by atoms with Gasteiger partial charge in [-0.3, -0.25) is 14.5 Å². The van der Waals surface area contributed by atoms with Crippen molar-refractivity contribution in [1.82, 2.24) is 4.90 Å². The van der Waals surface area contributed by atoms with Crippen LogP contribution in [0.1, 0.15) is 25.3 Å². The summed E-state index contributed by atoms with van der Waals surface area (Å²) in [4.78, 5) is 36.7. The summed E-state index contributed by atoms with van der Waals surface area (Å²) >= 11 is 0. The van der Waals surface area contributed by atoms with Gasteiger partial charge in [-0.15, -0.1) is 0 Å². The Hall–Kier alpha value is -2.21. The van der Waals surface area contributed by atoms with Crippen LogP contribution in [0.4, 0.5) is 0 Å². The molecule has 0 spiro atoms. The van der Waals surface area contributed by atoms with Crippen LogP contribution in [0, 0.1) is 0 Å². The van der Waals surface area contributed by atoms with Crippen molar-refractivity contribution >= 4 is 17.8 Å². The van der Waals surface area contributed by atoms with Crippen LogP contribution in [0.3, 0.4) is 0 Å². The van der Waals surface area contributed by atoms with Gasteiger partial charge in [0.1, 0.15) is 12.6 Å². The number of carbonyl (C=O) groups excluding carboxylic acids is 3. The van der Waals surface area contributed by atoms with Crippen molar-refractivity contribution in [2.45, 2.75) is 38.5 Å². The maximum Gasteiger partial charge on any atom is 0.329 e. The third-order valence-electron chi connectivity index (χ3n) is 3.33. The largest absolute Gasteiger partial charge is 0.459 e. The van der Waals surface area contributed by atoms with Crippen LogP contribution in [-0.4, -0.2) is 34.8 Å². The normalized spacial score (nSPS) is 19.4. The van der Waals surface area contributed by atoms with E-state index in [2.05, 4.69) is 0 Å². The Kier molecular flexibility index (Phi) is 4.70. The van der Waals surface area contributed by atoms with E-state index in [0.29, 0.717) is 0 Å². The zero-order valence-corrected chi connectivity index (χ0v) is 11.8. The Labute approximate surface area is 122 Å². The second-order valence-electron chi connectivity index (χ2n) is 5.04. The summed E-state index contributed by atoms with van der Waals surface area (Å²) in [7, 11) is 0. The maximum absolute atomic E-state index is 12.1. The molecule has 1 aliphatic heterocycles. The fourth-order valence-electron chi connectivity index (χ4n) is 2.23. The molecule has 2 N–H and O–H groups in total. The number of nitrogens with two attached hydrogens (primary N) is 1. The number of carbonyl (C=O) groups is 3. The van der Waals surface area contributed by atoms with E-state index in [4.69, 9.17) is 10.5 Å². The molecular formula is C15H18N2O4. The lowest BCUT2D eigenvalue weighted by Crippen LogP contribution is -2.49. The highest BCUT2D eigenvalue weighted by Gasteiger charge is 2.41. The number of rotatable bonds is 4. The van der Waals surface area contributed by atoms with Gasteiger partial charge in [-0.05, 0) is 18.9 Å². The lowest BCUT2D eigenvalue weighted by Gasteiger charge is -2.23. The molecule has 0 bridgehead atoms. The van der Waals surface area contributed by atoms with E-state index in [0.717, 1.165) is 10.5 Å². The number of nitrogens with zero attached hydrogens (tertiary/aromatic N) is 1. The van der Waals surface area contributed by atoms with E-state index < -0.39 is 24.0 Å². The van der Waals surface area contributed by atoms with Gasteiger partial charge >= 0.3 is 5.97 Å². The van der Waals surface area contributed by atoms with Crippen LogP contribution in [0.5, 0.6) is 0 Å². The van der Waals surface area contributed by atoms with Crippen molar-refractivity contribution in [2.75, 3.05) is 0 Å². The van der Waals surface area contributed by atoms with E-state index in [-0.39, 0.29) is 25.4 Å². The van der Waals surface area contributed by atoms with Gasteiger partial charge in [-0.1, -0.05) is 30.3 Å². The molecule has 0 aromatic heterocycles. The van der Waals surface area contributed by atoms with E-state index >= 15 is 0 Å². The SMILES string of the molecule is C[C@H](N)C(=O)N1C(=O)CC[C@H]1C(=O)OCc1ccccc1. The minimum absolute atomic E-state index is 0.116. The molecule has 2 amide bonds. The smallest absolute Gasteiger partial charge is 0.329 e. The van der Waals surface area contributed by atoms with Gasteiger partial charge in [-0.2, -0.15) is 0 Å². The summed E-state index contributed by atoms with van der Waals surface area (Å²) < 4.78 is 5.19. The second kappa shape index (κ2) is 6.49. The molecule has 0 unspecified atom stereocenters. The first-order chi connectivity index (χ1) is 10.0. The first kappa shape index (κ1) is 15.2. The second-order valence-corrected chi connectivity index (χ2v) is 5.04. The van der Waals surface area contributed by atoms with Gasteiger partial charge in [0.05, 0.1) is 6.04 Å². The Morgan fingerprint density at radius 1 is 1.38 bits per heavy atom. The van der Waals surface area contributed by atoms with Gasteiger partial charge in [0.25, 0.3) is 0 Å². The third kappa shape index (κ3) is 3.46. The molecule has 1 saturated heterocycles. The lowest BCUT2D eigenvalue weighted by atomic mass is 10.2. The molecule has 112 valence electrons. The average Bonchev–Trinajstić information content (AvgIpc) is 2.86. The highest BCUT2D eigenvalue weighted by molar-refractivity contribution is 6.03. The highest BCUT2D eigenvalue weighted by Crippen LogP contribution is 2.21. The quantitative estimate of drug-likeness (QED) is 0.820. The van der Waals surface area contributed by atoms with E-state index in [1.165, 1.54) is 6.92 Å². The summed E-state index contributed by atoms with van der Waals surface area (Å²) in [5.41, 5.74) is 6.36. The van der Waals surface area contributed by atoms with Gasteiger partial charge in [0, 0.05) is 6.42 Å². The minimum atomic E-state index is -0.861. The van der Waals surface area contributed by atoms with E-state index in [1.807, 2.05) is 30.3 Å². The molecule has 6 nitrogen and oxygen atoms in total. The Balaban J connectivity index is 2.01. The van der Waals surface area contributed by atoms with Crippen molar-refractivity contribution in [3.8, 4) is 0 Å². The predicted molar refractivity (Wildman–Crippen MR) is 74.8 cm³/mol. The molecule has 0 saturated carbocycles. The molecule has 1 fully saturated rings. The van der Waals surface area contributed by atoms with Crippen LogP contribution >= 0.6 is 0 Å². The number of hydrogen-bond donors (Lipinski definition) is 1. The van der Waals surface area contributed by atoms with Crippen LogP contribution in [0.15, 0.2) is 30.3 Å². The van der Waals surface area contributed by atoms with Crippen molar-refractivity contribution in [3.63, 3.8) is 0 Å². The number of imide groups is 1. The van der Waals surface area contributed by atoms with Crippen LogP contribution in [-0.2, 0) is 25.7 Å². The van der Waals surface area contributed by atoms with Crippen LogP contribution in [0.2, 0.25) is 0 Å². The number of benzene rings is 1. The van der Waals surface area contributed by atoms with Crippen molar-refractivity contribution in [1.29, 1.82) is 0 Å². The molecule has 2 rings (SSSR count). The molecule has 0 radical (unpaired) electrons. The summed E-state index contributed by atoms with van der Waals surface area (Å²) in [6, 6.07) is 7.53. The Bertz CT molecular complexity index is 542. The first-order valence-electron chi connectivity index (χ1n) is 6.82. The molecule has 1 aromatic carbocycles. The van der Waals surface area contributed by atoms with Gasteiger partial charge in [0.15, 0.2) is 0 Å². The molecule has 21 heavy (non-hydrogen) atoms. The van der Waals surface area contributed by atoms with E-state index in [1.54, 1.807) is 0 Å². The fraction of sp³-hybridized carbons (Fsp3) is 0.400. The summed E-state index contributed by atoms with van der Waals surface area (Å²) in [6.07, 6.45) is 0.439. The number of likely N-dealkylation sites (tertiary alicyclic amines) is 1. The molecule has 2 atom stereocenters. The molecule has 1 heterocycles. The van der Waals surface area contributed by atoms with Crippen LogP contribution in [0.25, 0.3) is 0 Å². The standard InChI is InChI=1S/C15H18N2O4/c1-10(16)14(19)17-12(7-8-13(17)18)15(20)21-9-11-5-3-2-4-6-11/h2-6,10,12H,7-9,16H2,1H3/t10-,12-/m0/s1. The van der Waals surface area contributed by atoms with Crippen molar-refractivity contribution < 1.29 is 19.1 Å². The Morgan fingerprint density at radius 3 is 2.67 bits per heavy atom. The predicted octanol–water partition coefficient (Wildman–Crippen LogP) is 0.595. The minimum Gasteiger partial charge on any atom is -0.459 e. The topological polar surface area (TPSA) is 89.7 Å². The third-order valence-corrected chi connectivity index (χ3v) is 3.33. The number of ether oxygens (including phenoxy) is 1. The molecular weight excluding hydrogens is 272 g/mol. The van der Waals surface area contributed by atoms with Crippen molar-refractivity contribution in [3.05, 3.63) is 35.9 Å². The zero-order chi connectivity index (χ0) is 15.4. The molecule has 6 heteroatoms. The monoisotopic (exact) mass is 290 g/mol. The van der Waals surface area contributed by atoms with Gasteiger partial charge in [0.2, 0.25) is 11.8 Å². The average molecular weight is 290 g/mol. The number of esters is 1. The lowest BCUT2D eigenvalue weighted by molar-refractivity contribution is -0.158. The highest BCUT2D eigenvalue weighted by atomic mass is 16.5. The van der Waals surface area contributed by atoms with Gasteiger partial charge < -0.3 is 10.5 Å². The first-order valence-corrected chi connectivity index (χ1v) is 6.82. The maximum atomic E-state index is 12.1. The number of hydrogen-bond acceptors (Lipinski definition) is 5. The Morgan fingerprint density at radius 2 is 2.05 bits per heavy atom. The fourth-order valence-corrected chi connectivity index (χ4v) is 2.23. The summed E-state index contributed by atoms with van der Waals surface area (Å²) in [5.74, 6) is -1.49. The summed E-state index contributed by atoms with van der Waals surface area (Å²) in [6.45, 7) is 1.60. The summed E-state index contributed by atoms with van der Waals surface area (Å²) in [5, 5.41) is 0. The molecule has 0 aliphatic carbocycles. The van der Waals surface area contributed by atoms with E-state index in [9.17, 15) is 14.4 Å². The number of amides is 2. The van der Waals surface area contributed by atoms with Crippen molar-refractivity contribution in [2.24, 2.45) is 5.73 Å². The molecule has 1 aromatic rings. The molecule has 1 aliphatic rings. The van der Waals surface area contributed by atoms with Gasteiger partial charge in [-0.25, -0.2) is 4.79 Å².